The Kier molecular flexibility index (Phi) is 4.01. The number of aromatic nitrogens is 2. The van der Waals surface area contributed by atoms with E-state index < -0.39 is 0 Å². The summed E-state index contributed by atoms with van der Waals surface area (Å²) in [6.07, 6.45) is 1.98. The topological polar surface area (TPSA) is 37.9 Å². The normalized spacial score (nSPS) is 10.7. The van der Waals surface area contributed by atoms with E-state index in [2.05, 4.69) is 28.1 Å². The van der Waals surface area contributed by atoms with Gasteiger partial charge in [0.15, 0.2) is 17.6 Å². The molecule has 4 nitrogen and oxygen atoms in total. The van der Waals surface area contributed by atoms with Crippen molar-refractivity contribution in [3.05, 3.63) is 91.3 Å². The van der Waals surface area contributed by atoms with E-state index in [1.807, 2.05) is 77.6 Å². The summed E-state index contributed by atoms with van der Waals surface area (Å²) in [7, 11) is 0. The van der Waals surface area contributed by atoms with Crippen molar-refractivity contribution < 1.29 is 9.36 Å². The first-order chi connectivity index (χ1) is 12.3. The number of imidazole rings is 1. The average molecular weight is 328 g/mol. The molecule has 0 fully saturated rings. The van der Waals surface area contributed by atoms with Crippen molar-refractivity contribution in [1.82, 2.24) is 4.57 Å². The van der Waals surface area contributed by atoms with Gasteiger partial charge in [0.25, 0.3) is 5.91 Å². The first-order valence-electron chi connectivity index (χ1n) is 8.21. The Morgan fingerprint density at radius 2 is 1.48 bits per heavy atom. The van der Waals surface area contributed by atoms with Crippen LogP contribution >= 0.6 is 0 Å². The summed E-state index contributed by atoms with van der Waals surface area (Å²) in [4.78, 5) is 12.4. The van der Waals surface area contributed by atoms with Crippen LogP contribution < -0.4 is 9.88 Å². The van der Waals surface area contributed by atoms with Crippen molar-refractivity contribution in [3.8, 4) is 5.69 Å². The summed E-state index contributed by atoms with van der Waals surface area (Å²) < 4.78 is 4.08. The third-order valence-corrected chi connectivity index (χ3v) is 4.11. The van der Waals surface area contributed by atoms with Crippen molar-refractivity contribution >= 4 is 22.6 Å². The number of hydrogen-bond donors (Lipinski definition) is 1. The molecule has 0 saturated carbocycles. The zero-order valence-corrected chi connectivity index (χ0v) is 13.7. The Morgan fingerprint density at radius 1 is 0.840 bits per heavy atom. The lowest BCUT2D eigenvalue weighted by Crippen LogP contribution is -2.39. The smallest absolute Gasteiger partial charge is 0.266 e. The molecular formula is C21H18N3O+. The van der Waals surface area contributed by atoms with Crippen LogP contribution in [-0.4, -0.2) is 10.5 Å². The fraction of sp³-hybridized carbons (Fsp3) is 0.0476. The molecule has 1 heterocycles. The molecule has 25 heavy (non-hydrogen) atoms. The second-order valence-electron chi connectivity index (χ2n) is 5.85. The average Bonchev–Trinajstić information content (AvgIpc) is 3.02. The Balaban J connectivity index is 1.67. The fourth-order valence-corrected chi connectivity index (χ4v) is 2.97. The maximum Gasteiger partial charge on any atom is 0.266 e. The highest BCUT2D eigenvalue weighted by molar-refractivity contribution is 5.90. The zero-order chi connectivity index (χ0) is 17.1. The van der Waals surface area contributed by atoms with Crippen molar-refractivity contribution in [3.63, 3.8) is 0 Å². The molecule has 4 aromatic rings. The summed E-state index contributed by atoms with van der Waals surface area (Å²) in [6, 6.07) is 27.7. The van der Waals surface area contributed by atoms with Crippen molar-refractivity contribution in [2.45, 2.75) is 6.54 Å². The van der Waals surface area contributed by atoms with E-state index >= 15 is 0 Å². The predicted molar refractivity (Wildman–Crippen MR) is 98.5 cm³/mol. The van der Waals surface area contributed by atoms with Crippen LogP contribution in [0.3, 0.4) is 0 Å². The zero-order valence-electron chi connectivity index (χ0n) is 13.7. The summed E-state index contributed by atoms with van der Waals surface area (Å²) in [5.41, 5.74) is 3.97. The van der Waals surface area contributed by atoms with Gasteiger partial charge in [-0.3, -0.25) is 4.79 Å². The molecule has 4 rings (SSSR count). The lowest BCUT2D eigenvalue weighted by Gasteiger charge is -2.03. The molecular weight excluding hydrogens is 310 g/mol. The van der Waals surface area contributed by atoms with Gasteiger partial charge in [-0.15, -0.1) is 0 Å². The Hall–Kier alpha value is -3.40. The molecule has 0 radical (unpaired) electrons. The van der Waals surface area contributed by atoms with Gasteiger partial charge in [0, 0.05) is 5.69 Å². The highest BCUT2D eigenvalue weighted by Crippen LogP contribution is 2.16. The highest BCUT2D eigenvalue weighted by Gasteiger charge is 2.18. The largest absolute Gasteiger partial charge is 0.323 e. The predicted octanol–water partition coefficient (Wildman–Crippen LogP) is 3.56. The van der Waals surface area contributed by atoms with Crippen molar-refractivity contribution in [2.24, 2.45) is 0 Å². The lowest BCUT2D eigenvalue weighted by atomic mass is 10.3. The van der Waals surface area contributed by atoms with Crippen LogP contribution in [0.5, 0.6) is 0 Å². The van der Waals surface area contributed by atoms with Gasteiger partial charge in [-0.25, -0.2) is 4.57 Å². The summed E-state index contributed by atoms with van der Waals surface area (Å²) in [5.74, 6) is -0.0489. The van der Waals surface area contributed by atoms with E-state index in [4.69, 9.17) is 0 Å². The minimum atomic E-state index is -0.0489. The molecule has 1 aromatic heterocycles. The van der Waals surface area contributed by atoms with E-state index in [0.717, 1.165) is 22.4 Å². The van der Waals surface area contributed by atoms with E-state index in [0.29, 0.717) is 0 Å². The highest BCUT2D eigenvalue weighted by atomic mass is 16.1. The molecule has 0 unspecified atom stereocenters. The summed E-state index contributed by atoms with van der Waals surface area (Å²) in [5, 5.41) is 2.94. The number of nitrogens with one attached hydrogen (secondary N) is 1. The molecule has 0 atom stereocenters. The molecule has 0 aliphatic heterocycles. The number of benzene rings is 3. The van der Waals surface area contributed by atoms with Crippen molar-refractivity contribution in [2.75, 3.05) is 5.32 Å². The number of rotatable bonds is 4. The first kappa shape index (κ1) is 15.1. The van der Waals surface area contributed by atoms with Crippen LogP contribution in [0, 0.1) is 0 Å². The van der Waals surface area contributed by atoms with Gasteiger partial charge in [0.05, 0.1) is 0 Å². The molecule has 0 spiro atoms. The summed E-state index contributed by atoms with van der Waals surface area (Å²) >= 11 is 0. The lowest BCUT2D eigenvalue weighted by molar-refractivity contribution is -0.658. The second-order valence-corrected chi connectivity index (χ2v) is 5.85. The number of carbonyl (C=O) groups excluding carboxylic acids is 1. The van der Waals surface area contributed by atoms with E-state index in [-0.39, 0.29) is 12.5 Å². The van der Waals surface area contributed by atoms with E-state index in [1.165, 1.54) is 0 Å². The van der Waals surface area contributed by atoms with Crippen LogP contribution in [0.25, 0.3) is 16.7 Å². The summed E-state index contributed by atoms with van der Waals surface area (Å²) in [6.45, 7) is 0.259. The van der Waals surface area contributed by atoms with Crippen LogP contribution in [0.15, 0.2) is 91.3 Å². The van der Waals surface area contributed by atoms with Crippen LogP contribution in [-0.2, 0) is 11.3 Å². The minimum Gasteiger partial charge on any atom is -0.323 e. The van der Waals surface area contributed by atoms with Gasteiger partial charge in [0.1, 0.15) is 5.69 Å². The Labute approximate surface area is 146 Å². The van der Waals surface area contributed by atoms with Crippen LogP contribution in [0.2, 0.25) is 0 Å². The number of para-hydroxylation sites is 4. The Morgan fingerprint density at radius 3 is 2.24 bits per heavy atom. The fourth-order valence-electron chi connectivity index (χ4n) is 2.97. The number of nitrogens with zero attached hydrogens (tertiary/aromatic N) is 2. The molecule has 0 saturated heterocycles. The number of hydrogen-bond acceptors (Lipinski definition) is 1. The van der Waals surface area contributed by atoms with E-state index in [9.17, 15) is 4.79 Å². The molecule has 0 bridgehead atoms. The molecule has 0 aliphatic rings. The van der Waals surface area contributed by atoms with Crippen LogP contribution in [0.1, 0.15) is 0 Å². The molecule has 3 aromatic carbocycles. The van der Waals surface area contributed by atoms with Gasteiger partial charge < -0.3 is 5.32 Å². The number of carbonyl (C=O) groups is 1. The van der Waals surface area contributed by atoms with Gasteiger partial charge in [0.2, 0.25) is 6.33 Å². The standard InChI is InChI=1S/C21H17N3O/c25-21(22-17-9-3-1-4-10-17)15-23-16-24(18-11-5-2-6-12-18)20-14-8-7-13-19(20)23/h1-14,16H,15H2/p+1. The minimum absolute atomic E-state index is 0.0489. The van der Waals surface area contributed by atoms with Gasteiger partial charge in [-0.2, -0.15) is 4.57 Å². The first-order valence-corrected chi connectivity index (χ1v) is 8.21. The third-order valence-electron chi connectivity index (χ3n) is 4.11. The number of amides is 1. The van der Waals surface area contributed by atoms with Gasteiger partial charge in [-0.05, 0) is 36.4 Å². The Bertz CT molecular complexity index is 1010. The maximum atomic E-state index is 12.4. The SMILES string of the molecule is O=C(C[n+]1cn(-c2ccccc2)c2ccccc21)Nc1ccccc1. The second kappa shape index (κ2) is 6.61. The van der Waals surface area contributed by atoms with E-state index in [1.54, 1.807) is 0 Å². The van der Waals surface area contributed by atoms with Gasteiger partial charge >= 0.3 is 0 Å². The third kappa shape index (κ3) is 3.15. The van der Waals surface area contributed by atoms with Crippen molar-refractivity contribution in [1.29, 1.82) is 0 Å². The molecule has 0 aliphatic carbocycles. The number of anilines is 1. The molecule has 122 valence electrons. The monoisotopic (exact) mass is 328 g/mol. The maximum absolute atomic E-state index is 12.4. The molecule has 1 amide bonds. The quantitative estimate of drug-likeness (QED) is 0.572. The van der Waals surface area contributed by atoms with Crippen LogP contribution in [0.4, 0.5) is 5.69 Å². The van der Waals surface area contributed by atoms with Gasteiger partial charge in [-0.1, -0.05) is 48.5 Å². The number of fused-ring (bicyclic) bond motifs is 1. The molecule has 1 N–H and O–H groups in total. The molecule has 4 heteroatoms.